The molecule has 0 amide bonds. The molecule has 0 radical (unpaired) electrons. The van der Waals surface area contributed by atoms with Gasteiger partial charge in [0.1, 0.15) is 11.5 Å². The molecule has 0 bridgehead atoms. The molecule has 0 N–H and O–H groups in total. The maximum Gasteiger partial charge on any atom is 0.347 e. The highest BCUT2D eigenvalue weighted by molar-refractivity contribution is 6.14. The van der Waals surface area contributed by atoms with Crippen molar-refractivity contribution in [3.63, 3.8) is 0 Å². The van der Waals surface area contributed by atoms with E-state index in [2.05, 4.69) is 0 Å². The molecule has 8 heteroatoms. The van der Waals surface area contributed by atoms with E-state index in [0.717, 1.165) is 0 Å². The summed E-state index contributed by atoms with van der Waals surface area (Å²) in [7, 11) is 4.53. The summed E-state index contributed by atoms with van der Waals surface area (Å²) in [5.41, 5.74) is 0.977. The highest BCUT2D eigenvalue weighted by atomic mass is 16.6. The third-order valence-electron chi connectivity index (χ3n) is 4.59. The predicted molar refractivity (Wildman–Crippen MR) is 112 cm³/mol. The van der Waals surface area contributed by atoms with Gasteiger partial charge in [0.2, 0.25) is 11.5 Å². The largest absolute Gasteiger partial charge is 0.493 e. The van der Waals surface area contributed by atoms with Gasteiger partial charge < -0.3 is 28.4 Å². The number of methoxy groups -OCH3 is 3. The number of Topliss-reactive ketones (excluding diaryl/α,β-unsaturated/α-hetero) is 1. The molecular formula is C23H24O8. The Hall–Kier alpha value is -3.68. The van der Waals surface area contributed by atoms with Gasteiger partial charge in [-0.05, 0) is 44.2 Å². The number of rotatable bonds is 8. The van der Waals surface area contributed by atoms with Crippen LogP contribution in [0.5, 0.6) is 28.7 Å². The molecule has 1 aliphatic rings. The van der Waals surface area contributed by atoms with Crippen LogP contribution in [-0.2, 0) is 9.53 Å². The number of fused-ring (bicyclic) bond motifs is 1. The van der Waals surface area contributed by atoms with Crippen molar-refractivity contribution in [3.8, 4) is 28.7 Å². The summed E-state index contributed by atoms with van der Waals surface area (Å²) in [6.45, 7) is 3.58. The SMILES string of the molecule is CCOC(=O)[C@@H](C)Oc1ccc2c(c1)OC(=Cc1ccc(OC)c(OC)c1OC)C2=O. The van der Waals surface area contributed by atoms with E-state index in [1.807, 2.05) is 0 Å². The summed E-state index contributed by atoms with van der Waals surface area (Å²) in [6.07, 6.45) is 0.784. The van der Waals surface area contributed by atoms with Crippen LogP contribution in [0.3, 0.4) is 0 Å². The van der Waals surface area contributed by atoms with Gasteiger partial charge in [-0.15, -0.1) is 0 Å². The second-order valence-corrected chi connectivity index (χ2v) is 6.53. The van der Waals surface area contributed by atoms with E-state index in [-0.39, 0.29) is 18.1 Å². The third kappa shape index (κ3) is 4.42. The van der Waals surface area contributed by atoms with Gasteiger partial charge in [-0.3, -0.25) is 4.79 Å². The Morgan fingerprint density at radius 1 is 1.06 bits per heavy atom. The first-order chi connectivity index (χ1) is 14.9. The predicted octanol–water partition coefficient (Wildman–Crippen LogP) is 3.66. The van der Waals surface area contributed by atoms with Crippen molar-refractivity contribution in [2.24, 2.45) is 0 Å². The third-order valence-corrected chi connectivity index (χ3v) is 4.59. The topological polar surface area (TPSA) is 89.5 Å². The number of carbonyl (C=O) groups excluding carboxylic acids is 2. The van der Waals surface area contributed by atoms with Crippen molar-refractivity contribution in [2.75, 3.05) is 27.9 Å². The van der Waals surface area contributed by atoms with Gasteiger partial charge in [-0.2, -0.15) is 0 Å². The molecule has 2 aromatic rings. The van der Waals surface area contributed by atoms with Crippen LogP contribution in [0.2, 0.25) is 0 Å². The summed E-state index contributed by atoms with van der Waals surface area (Å²) in [5, 5.41) is 0. The quantitative estimate of drug-likeness (QED) is 0.465. The fourth-order valence-corrected chi connectivity index (χ4v) is 3.13. The first kappa shape index (κ1) is 22.0. The lowest BCUT2D eigenvalue weighted by Crippen LogP contribution is -2.26. The van der Waals surface area contributed by atoms with Crippen LogP contribution in [0.4, 0.5) is 0 Å². The minimum Gasteiger partial charge on any atom is -0.493 e. The maximum absolute atomic E-state index is 12.8. The van der Waals surface area contributed by atoms with Crippen molar-refractivity contribution in [3.05, 3.63) is 47.2 Å². The Morgan fingerprint density at radius 2 is 1.81 bits per heavy atom. The molecule has 0 aliphatic carbocycles. The van der Waals surface area contributed by atoms with Crippen LogP contribution < -0.4 is 23.7 Å². The standard InChI is InChI=1S/C23H24O8/c1-6-29-23(25)13(2)30-15-8-9-16-18(12-15)31-19(20(16)24)11-14-7-10-17(26-3)22(28-5)21(14)27-4/h7-13H,6H2,1-5H3/t13-/m1/s1. The van der Waals surface area contributed by atoms with Crippen LogP contribution in [0.25, 0.3) is 6.08 Å². The van der Waals surface area contributed by atoms with E-state index in [1.165, 1.54) is 21.3 Å². The highest BCUT2D eigenvalue weighted by Crippen LogP contribution is 2.42. The zero-order valence-electron chi connectivity index (χ0n) is 18.0. The number of benzene rings is 2. The molecule has 31 heavy (non-hydrogen) atoms. The summed E-state index contributed by atoms with van der Waals surface area (Å²) in [5.74, 6) is 1.41. The summed E-state index contributed by atoms with van der Waals surface area (Å²) >= 11 is 0. The molecule has 0 fully saturated rings. The average Bonchev–Trinajstić information content (AvgIpc) is 3.07. The van der Waals surface area contributed by atoms with E-state index < -0.39 is 12.1 Å². The molecule has 1 atom stereocenters. The van der Waals surface area contributed by atoms with Gasteiger partial charge in [0, 0.05) is 11.6 Å². The normalized spacial score (nSPS) is 14.5. The monoisotopic (exact) mass is 428 g/mol. The summed E-state index contributed by atoms with van der Waals surface area (Å²) in [6, 6.07) is 8.22. The van der Waals surface area contributed by atoms with E-state index in [9.17, 15) is 9.59 Å². The van der Waals surface area contributed by atoms with Gasteiger partial charge in [-0.1, -0.05) is 0 Å². The van der Waals surface area contributed by atoms with Crippen LogP contribution in [0, 0.1) is 0 Å². The smallest absolute Gasteiger partial charge is 0.347 e. The van der Waals surface area contributed by atoms with E-state index in [4.69, 9.17) is 28.4 Å². The molecule has 1 heterocycles. The molecule has 0 saturated heterocycles. The molecule has 8 nitrogen and oxygen atoms in total. The zero-order valence-corrected chi connectivity index (χ0v) is 18.0. The highest BCUT2D eigenvalue weighted by Gasteiger charge is 2.29. The Balaban J connectivity index is 1.88. The Labute approximate surface area is 180 Å². The lowest BCUT2D eigenvalue weighted by atomic mass is 10.1. The summed E-state index contributed by atoms with van der Waals surface area (Å²) in [4.78, 5) is 24.6. The number of allylic oxidation sites excluding steroid dienone is 1. The van der Waals surface area contributed by atoms with Crippen molar-refractivity contribution < 1.29 is 38.0 Å². The first-order valence-corrected chi connectivity index (χ1v) is 9.64. The molecule has 0 aromatic heterocycles. The number of hydrogen-bond acceptors (Lipinski definition) is 8. The molecule has 1 aliphatic heterocycles. The van der Waals surface area contributed by atoms with Crippen molar-refractivity contribution in [1.82, 2.24) is 0 Å². The van der Waals surface area contributed by atoms with Crippen molar-refractivity contribution >= 4 is 17.8 Å². The van der Waals surface area contributed by atoms with E-state index >= 15 is 0 Å². The number of carbonyl (C=O) groups is 2. The molecule has 0 spiro atoms. The van der Waals surface area contributed by atoms with Crippen molar-refractivity contribution in [1.29, 1.82) is 0 Å². The van der Waals surface area contributed by atoms with Gasteiger partial charge in [0.05, 0.1) is 33.5 Å². The molecule has 0 saturated carbocycles. The van der Waals surface area contributed by atoms with Gasteiger partial charge in [0.15, 0.2) is 23.4 Å². The van der Waals surface area contributed by atoms with E-state index in [1.54, 1.807) is 50.3 Å². The number of ketones is 1. The maximum atomic E-state index is 12.8. The zero-order chi connectivity index (χ0) is 22.5. The fourth-order valence-electron chi connectivity index (χ4n) is 3.13. The minimum atomic E-state index is -0.791. The van der Waals surface area contributed by atoms with Crippen LogP contribution in [0.1, 0.15) is 29.8 Å². The Morgan fingerprint density at radius 3 is 2.45 bits per heavy atom. The van der Waals surface area contributed by atoms with Crippen LogP contribution in [0.15, 0.2) is 36.1 Å². The van der Waals surface area contributed by atoms with Gasteiger partial charge in [-0.25, -0.2) is 4.79 Å². The molecule has 164 valence electrons. The minimum absolute atomic E-state index is 0.121. The van der Waals surface area contributed by atoms with Gasteiger partial charge in [0.25, 0.3) is 0 Å². The second kappa shape index (κ2) is 9.42. The number of hydrogen-bond donors (Lipinski definition) is 0. The molecule has 3 rings (SSSR count). The lowest BCUT2D eigenvalue weighted by Gasteiger charge is -2.14. The number of ether oxygens (including phenoxy) is 6. The van der Waals surface area contributed by atoms with Crippen LogP contribution in [-0.4, -0.2) is 45.8 Å². The molecular weight excluding hydrogens is 404 g/mol. The van der Waals surface area contributed by atoms with Crippen LogP contribution >= 0.6 is 0 Å². The van der Waals surface area contributed by atoms with E-state index in [0.29, 0.717) is 39.9 Å². The Bertz CT molecular complexity index is 1020. The molecule has 0 unspecified atom stereocenters. The summed E-state index contributed by atoms with van der Waals surface area (Å²) < 4.78 is 32.4. The first-order valence-electron chi connectivity index (χ1n) is 9.64. The average molecular weight is 428 g/mol. The Kier molecular flexibility index (Phi) is 6.69. The second-order valence-electron chi connectivity index (χ2n) is 6.53. The number of esters is 1. The van der Waals surface area contributed by atoms with Gasteiger partial charge >= 0.3 is 5.97 Å². The fraction of sp³-hybridized carbons (Fsp3) is 0.304. The molecule has 2 aromatic carbocycles. The lowest BCUT2D eigenvalue weighted by molar-refractivity contribution is -0.150. The van der Waals surface area contributed by atoms with Crippen molar-refractivity contribution in [2.45, 2.75) is 20.0 Å².